The van der Waals surface area contributed by atoms with Crippen LogP contribution in [0.1, 0.15) is 41.5 Å². The normalized spacial score (nSPS) is 14.1. The second kappa shape index (κ2) is 12.7. The van der Waals surface area contributed by atoms with Gasteiger partial charge in [0.25, 0.3) is 0 Å². The lowest BCUT2D eigenvalue weighted by atomic mass is 10.4. The van der Waals surface area contributed by atoms with Gasteiger partial charge >= 0.3 is 0 Å². The van der Waals surface area contributed by atoms with Gasteiger partial charge in [-0.15, -0.1) is 0 Å². The van der Waals surface area contributed by atoms with Gasteiger partial charge in [-0.1, -0.05) is 0 Å². The van der Waals surface area contributed by atoms with Crippen molar-refractivity contribution in [1.29, 1.82) is 0 Å². The fraction of sp³-hybridized carbons (Fsp3) is 1.00. The van der Waals surface area contributed by atoms with Crippen LogP contribution in [0.15, 0.2) is 0 Å². The maximum absolute atomic E-state index is 8.85. The van der Waals surface area contributed by atoms with Crippen molar-refractivity contribution in [2.45, 2.75) is 53.6 Å². The van der Waals surface area contributed by atoms with Crippen LogP contribution >= 0.6 is 0 Å². The summed E-state index contributed by atoms with van der Waals surface area (Å²) in [5.74, 6) is 0. The Bertz CT molecular complexity index is 260. The van der Waals surface area contributed by atoms with Crippen molar-refractivity contribution in [2.24, 2.45) is 0 Å². The summed E-state index contributed by atoms with van der Waals surface area (Å²) in [4.78, 5) is 0. The molecule has 19 heavy (non-hydrogen) atoms. The largest absolute Gasteiger partial charge is 0.759 e. The van der Waals surface area contributed by atoms with Crippen LogP contribution in [0.3, 0.4) is 0 Å². The molecule has 2 atom stereocenters. The van der Waals surface area contributed by atoms with Crippen molar-refractivity contribution < 1.29 is 38.1 Å². The summed E-state index contributed by atoms with van der Waals surface area (Å²) in [5, 5.41) is 18.9. The molecule has 0 aliphatic heterocycles. The zero-order chi connectivity index (χ0) is 16.2. The van der Waals surface area contributed by atoms with E-state index < -0.39 is 10.4 Å². The molecule has 4 N–H and O–H groups in total. The van der Waals surface area contributed by atoms with Crippen LogP contribution in [-0.4, -0.2) is 53.1 Å². The molecule has 9 heteroatoms. The lowest BCUT2D eigenvalue weighted by Crippen LogP contribution is -3.12. The molecule has 120 valence electrons. The number of hydrogen-bond donors (Lipinski definition) is 4. The Balaban J connectivity index is -0.000000206. The van der Waals surface area contributed by atoms with Crippen LogP contribution < -0.4 is 10.1 Å². The molecule has 0 amide bonds. The molecule has 2 unspecified atom stereocenters. The van der Waals surface area contributed by atoms with E-state index in [-0.39, 0.29) is 0 Å². The molecule has 0 aromatic carbocycles. The van der Waals surface area contributed by atoms with Gasteiger partial charge in [-0.3, -0.25) is 8.42 Å². The third kappa shape index (κ3) is 31.9. The zero-order valence-electron chi connectivity index (χ0n) is 12.5. The molecule has 0 bridgehead atoms. The Hall–Kier alpha value is -0.290. The van der Waals surface area contributed by atoms with Crippen LogP contribution in [0, 0.1) is 0 Å². The molecule has 0 saturated heterocycles. The average Bonchev–Trinajstić information content (AvgIpc) is 2.25. The third-order valence-electron chi connectivity index (χ3n) is 2.06. The molecule has 0 spiro atoms. The quantitative estimate of drug-likeness (QED) is 0.271. The lowest BCUT2D eigenvalue weighted by Gasteiger charge is -2.10. The highest BCUT2D eigenvalue weighted by atomic mass is 32.3. The van der Waals surface area contributed by atoms with E-state index in [4.69, 9.17) is 27.9 Å². The molecule has 0 aliphatic rings. The number of quaternary nitrogens is 2. The molecule has 0 radical (unpaired) electrons. The van der Waals surface area contributed by atoms with Crippen molar-refractivity contribution in [1.82, 2.24) is 0 Å². The van der Waals surface area contributed by atoms with Crippen LogP contribution in [0.4, 0.5) is 0 Å². The summed E-state index contributed by atoms with van der Waals surface area (Å²) in [5.41, 5.74) is 0. The summed E-state index contributed by atoms with van der Waals surface area (Å²) in [6.45, 7) is 13.4. The molecule has 0 saturated carbocycles. The fourth-order valence-corrected chi connectivity index (χ4v) is 0.816. The SMILES string of the molecule is CC[NH+](O)C(C)C.CC[NH+](O)C(C)C.O=S(=O)([O-])[O-]. The van der Waals surface area contributed by atoms with Crippen LogP contribution in [0.25, 0.3) is 0 Å². The van der Waals surface area contributed by atoms with Gasteiger partial charge in [-0.25, -0.2) is 10.4 Å². The van der Waals surface area contributed by atoms with Crippen molar-refractivity contribution in [3.8, 4) is 0 Å². The summed E-state index contributed by atoms with van der Waals surface area (Å²) in [6, 6.07) is 0.676. The van der Waals surface area contributed by atoms with E-state index in [0.29, 0.717) is 22.2 Å². The van der Waals surface area contributed by atoms with Gasteiger partial charge in [-0.05, 0) is 41.5 Å². The highest BCUT2D eigenvalue weighted by Crippen LogP contribution is 1.63. The second-order valence-corrected chi connectivity index (χ2v) is 5.22. The van der Waals surface area contributed by atoms with Crippen LogP contribution in [-0.2, 0) is 10.4 Å². The third-order valence-corrected chi connectivity index (χ3v) is 2.06. The van der Waals surface area contributed by atoms with Crippen molar-refractivity contribution in [2.75, 3.05) is 13.1 Å². The molecule has 0 aromatic rings. The van der Waals surface area contributed by atoms with E-state index in [1.807, 2.05) is 41.5 Å². The van der Waals surface area contributed by atoms with Gasteiger partial charge in [-0.2, -0.15) is 10.1 Å². The van der Waals surface area contributed by atoms with Gasteiger partial charge in [0, 0.05) is 10.4 Å². The minimum Gasteiger partial charge on any atom is -0.759 e. The summed E-state index contributed by atoms with van der Waals surface area (Å²) in [6.07, 6.45) is 0. The molecular formula is C10H28N2O6S. The maximum atomic E-state index is 8.85. The standard InChI is InChI=1S/2C5H13NO.H2O4S/c2*1-4-6(7)5(2)3;1-5(2,3)4/h2*5,7H,4H2,1-3H3;(H2,1,2,3,4). The number of nitrogens with one attached hydrogen (secondary N) is 2. The summed E-state index contributed by atoms with van der Waals surface area (Å²) >= 11 is 0. The van der Waals surface area contributed by atoms with E-state index in [1.165, 1.54) is 0 Å². The van der Waals surface area contributed by atoms with Crippen LogP contribution in [0.2, 0.25) is 0 Å². The highest BCUT2D eigenvalue weighted by molar-refractivity contribution is 7.79. The monoisotopic (exact) mass is 304 g/mol. The van der Waals surface area contributed by atoms with E-state index >= 15 is 0 Å². The summed E-state index contributed by atoms with van der Waals surface area (Å²) in [7, 11) is -5.17. The Morgan fingerprint density at radius 2 is 1.05 bits per heavy atom. The van der Waals surface area contributed by atoms with Gasteiger partial charge in [0.2, 0.25) is 0 Å². The van der Waals surface area contributed by atoms with Crippen molar-refractivity contribution >= 4 is 10.4 Å². The fourth-order valence-electron chi connectivity index (χ4n) is 0.816. The molecule has 0 heterocycles. The number of hydroxylamine groups is 4. The summed E-state index contributed by atoms with van der Waals surface area (Å²) < 4.78 is 34.1. The molecule has 0 rings (SSSR count). The number of hydrogen-bond acceptors (Lipinski definition) is 6. The minimum atomic E-state index is -5.17. The first-order valence-electron chi connectivity index (χ1n) is 6.12. The second-order valence-electron chi connectivity index (χ2n) is 4.41. The highest BCUT2D eigenvalue weighted by Gasteiger charge is 2.04. The van der Waals surface area contributed by atoms with Gasteiger partial charge in [0.1, 0.15) is 25.2 Å². The predicted octanol–water partition coefficient (Wildman–Crippen LogP) is -1.96. The van der Waals surface area contributed by atoms with Gasteiger partial charge in [0.15, 0.2) is 0 Å². The predicted molar refractivity (Wildman–Crippen MR) is 67.3 cm³/mol. The maximum Gasteiger partial charge on any atom is 0.111 e. The van der Waals surface area contributed by atoms with Gasteiger partial charge < -0.3 is 9.11 Å². The first kappa shape index (κ1) is 23.8. The zero-order valence-corrected chi connectivity index (χ0v) is 13.3. The first-order chi connectivity index (χ1) is 8.36. The lowest BCUT2D eigenvalue weighted by molar-refractivity contribution is -1.10. The molecule has 0 fully saturated rings. The molecule has 8 nitrogen and oxygen atoms in total. The van der Waals surface area contributed by atoms with E-state index in [0.717, 1.165) is 13.1 Å². The van der Waals surface area contributed by atoms with Crippen LogP contribution in [0.5, 0.6) is 0 Å². The van der Waals surface area contributed by atoms with E-state index in [1.54, 1.807) is 0 Å². The first-order valence-corrected chi connectivity index (χ1v) is 7.46. The molecule has 0 aromatic heterocycles. The molecular weight excluding hydrogens is 276 g/mol. The van der Waals surface area contributed by atoms with E-state index in [2.05, 4.69) is 0 Å². The Kier molecular flexibility index (Phi) is 15.9. The number of rotatable bonds is 4. The van der Waals surface area contributed by atoms with Crippen molar-refractivity contribution in [3.05, 3.63) is 0 Å². The Morgan fingerprint density at radius 1 is 0.895 bits per heavy atom. The topological polar surface area (TPSA) is 130 Å². The molecule has 0 aliphatic carbocycles. The average molecular weight is 304 g/mol. The Morgan fingerprint density at radius 3 is 1.05 bits per heavy atom. The van der Waals surface area contributed by atoms with Gasteiger partial charge in [0.05, 0.1) is 0 Å². The minimum absolute atomic E-state index is 0.338. The van der Waals surface area contributed by atoms with E-state index in [9.17, 15) is 0 Å². The Labute approximate surface area is 116 Å². The smallest absolute Gasteiger partial charge is 0.111 e. The van der Waals surface area contributed by atoms with Crippen molar-refractivity contribution in [3.63, 3.8) is 0 Å².